The number of benzene rings is 2. The molecule has 4 nitrogen and oxygen atoms in total. The predicted molar refractivity (Wildman–Crippen MR) is 90.0 cm³/mol. The second kappa shape index (κ2) is 8.54. The zero-order valence-corrected chi connectivity index (χ0v) is 12.8. The fraction of sp³-hybridized carbons (Fsp3) is 0.158. The van der Waals surface area contributed by atoms with Gasteiger partial charge in [0.25, 0.3) is 5.91 Å². The summed E-state index contributed by atoms with van der Waals surface area (Å²) in [5, 5.41) is 2.79. The molecule has 2 aromatic carbocycles. The fourth-order valence-corrected chi connectivity index (χ4v) is 2.05. The van der Waals surface area contributed by atoms with Crippen molar-refractivity contribution in [3.63, 3.8) is 0 Å². The monoisotopic (exact) mass is 309 g/mol. The number of hydrogen-bond acceptors (Lipinski definition) is 3. The molecule has 0 aliphatic heterocycles. The minimum absolute atomic E-state index is 0.139. The molecule has 0 aliphatic carbocycles. The SMILES string of the molecule is C=CC(=O)OCCCNC(=O)c1ccc(-c2ccccc2)cc1. The molecule has 0 saturated carbocycles. The number of esters is 1. The van der Waals surface area contributed by atoms with Crippen LogP contribution in [0.3, 0.4) is 0 Å². The highest BCUT2D eigenvalue weighted by Crippen LogP contribution is 2.19. The van der Waals surface area contributed by atoms with Gasteiger partial charge in [0.1, 0.15) is 0 Å². The summed E-state index contributed by atoms with van der Waals surface area (Å²) in [5.74, 6) is -0.590. The van der Waals surface area contributed by atoms with Gasteiger partial charge in [-0.3, -0.25) is 4.79 Å². The quantitative estimate of drug-likeness (QED) is 0.485. The third-order valence-electron chi connectivity index (χ3n) is 3.27. The first-order valence-corrected chi connectivity index (χ1v) is 7.43. The van der Waals surface area contributed by atoms with Gasteiger partial charge in [0.15, 0.2) is 0 Å². The zero-order valence-electron chi connectivity index (χ0n) is 12.8. The van der Waals surface area contributed by atoms with Crippen molar-refractivity contribution in [1.29, 1.82) is 0 Å². The van der Waals surface area contributed by atoms with Crippen LogP contribution in [0.4, 0.5) is 0 Å². The lowest BCUT2D eigenvalue weighted by molar-refractivity contribution is -0.137. The number of hydrogen-bond donors (Lipinski definition) is 1. The van der Waals surface area contributed by atoms with E-state index in [0.717, 1.165) is 17.2 Å². The Kier molecular flexibility index (Phi) is 6.12. The normalized spacial score (nSPS) is 9.91. The van der Waals surface area contributed by atoms with E-state index in [0.29, 0.717) is 18.5 Å². The maximum atomic E-state index is 12.0. The highest BCUT2D eigenvalue weighted by atomic mass is 16.5. The molecule has 0 radical (unpaired) electrons. The first-order valence-electron chi connectivity index (χ1n) is 7.43. The smallest absolute Gasteiger partial charge is 0.330 e. The van der Waals surface area contributed by atoms with Crippen molar-refractivity contribution in [2.75, 3.05) is 13.2 Å². The summed E-state index contributed by atoms with van der Waals surface area (Å²) in [4.78, 5) is 22.9. The van der Waals surface area contributed by atoms with E-state index in [4.69, 9.17) is 4.74 Å². The van der Waals surface area contributed by atoms with Crippen LogP contribution in [0.15, 0.2) is 67.3 Å². The molecular formula is C19H19NO3. The molecule has 118 valence electrons. The average Bonchev–Trinajstić information content (AvgIpc) is 2.62. The van der Waals surface area contributed by atoms with E-state index >= 15 is 0 Å². The summed E-state index contributed by atoms with van der Waals surface area (Å²) in [6, 6.07) is 17.4. The predicted octanol–water partition coefficient (Wildman–Crippen LogP) is 3.20. The third-order valence-corrected chi connectivity index (χ3v) is 3.27. The van der Waals surface area contributed by atoms with E-state index < -0.39 is 5.97 Å². The molecule has 4 heteroatoms. The molecule has 1 amide bonds. The molecule has 0 spiro atoms. The lowest BCUT2D eigenvalue weighted by Crippen LogP contribution is -2.25. The largest absolute Gasteiger partial charge is 0.462 e. The van der Waals surface area contributed by atoms with Crippen molar-refractivity contribution in [2.24, 2.45) is 0 Å². The van der Waals surface area contributed by atoms with E-state index in [1.165, 1.54) is 0 Å². The van der Waals surface area contributed by atoms with Gasteiger partial charge in [-0.25, -0.2) is 4.79 Å². The van der Waals surface area contributed by atoms with Crippen LogP contribution in [0.2, 0.25) is 0 Å². The molecule has 0 fully saturated rings. The molecule has 0 aliphatic rings. The van der Waals surface area contributed by atoms with E-state index in [-0.39, 0.29) is 12.5 Å². The molecule has 0 heterocycles. The molecule has 1 N–H and O–H groups in total. The summed E-state index contributed by atoms with van der Waals surface area (Å²) >= 11 is 0. The molecule has 0 unspecified atom stereocenters. The van der Waals surface area contributed by atoms with Gasteiger partial charge in [0.2, 0.25) is 0 Å². The van der Waals surface area contributed by atoms with Gasteiger partial charge in [-0.05, 0) is 29.7 Å². The van der Waals surface area contributed by atoms with Crippen LogP contribution in [0.5, 0.6) is 0 Å². The Bertz CT molecular complexity index is 663. The van der Waals surface area contributed by atoms with Gasteiger partial charge in [0.05, 0.1) is 6.61 Å². The Labute approximate surface area is 135 Å². The van der Waals surface area contributed by atoms with Gasteiger partial charge in [-0.15, -0.1) is 0 Å². The van der Waals surface area contributed by atoms with Crippen molar-refractivity contribution < 1.29 is 14.3 Å². The Morgan fingerprint density at radius 2 is 1.65 bits per heavy atom. The van der Waals surface area contributed by atoms with Crippen molar-refractivity contribution in [3.05, 3.63) is 72.8 Å². The lowest BCUT2D eigenvalue weighted by Gasteiger charge is -2.07. The van der Waals surface area contributed by atoms with Crippen LogP contribution in [-0.4, -0.2) is 25.0 Å². The van der Waals surface area contributed by atoms with Gasteiger partial charge < -0.3 is 10.1 Å². The first kappa shape index (κ1) is 16.5. The summed E-state index contributed by atoms with van der Waals surface area (Å²) in [5.41, 5.74) is 2.79. The van der Waals surface area contributed by atoms with Gasteiger partial charge in [-0.2, -0.15) is 0 Å². The second-order valence-corrected chi connectivity index (χ2v) is 4.92. The molecule has 0 saturated heterocycles. The minimum Gasteiger partial charge on any atom is -0.462 e. The van der Waals surface area contributed by atoms with Crippen LogP contribution in [0, 0.1) is 0 Å². The summed E-state index contributed by atoms with van der Waals surface area (Å²) in [6.45, 7) is 4.02. The summed E-state index contributed by atoms with van der Waals surface area (Å²) in [6.07, 6.45) is 1.68. The maximum absolute atomic E-state index is 12.0. The number of nitrogens with one attached hydrogen (secondary N) is 1. The molecular weight excluding hydrogens is 290 g/mol. The Hall–Kier alpha value is -2.88. The zero-order chi connectivity index (χ0) is 16.5. The lowest BCUT2D eigenvalue weighted by atomic mass is 10.0. The van der Waals surface area contributed by atoms with Crippen LogP contribution < -0.4 is 5.32 Å². The number of amides is 1. The topological polar surface area (TPSA) is 55.4 Å². The van der Waals surface area contributed by atoms with Crippen LogP contribution in [0.25, 0.3) is 11.1 Å². The van der Waals surface area contributed by atoms with E-state index in [1.807, 2.05) is 42.5 Å². The molecule has 2 rings (SSSR count). The van der Waals surface area contributed by atoms with Crippen molar-refractivity contribution in [2.45, 2.75) is 6.42 Å². The summed E-state index contributed by atoms with van der Waals surface area (Å²) in [7, 11) is 0. The first-order chi connectivity index (χ1) is 11.2. The van der Waals surface area contributed by atoms with Crippen molar-refractivity contribution >= 4 is 11.9 Å². The van der Waals surface area contributed by atoms with E-state index in [2.05, 4.69) is 11.9 Å². The maximum Gasteiger partial charge on any atom is 0.330 e. The highest BCUT2D eigenvalue weighted by molar-refractivity contribution is 5.94. The Morgan fingerprint density at radius 3 is 2.30 bits per heavy atom. The molecule has 23 heavy (non-hydrogen) atoms. The van der Waals surface area contributed by atoms with Gasteiger partial charge >= 0.3 is 5.97 Å². The second-order valence-electron chi connectivity index (χ2n) is 4.92. The van der Waals surface area contributed by atoms with E-state index in [9.17, 15) is 9.59 Å². The number of ether oxygens (including phenoxy) is 1. The van der Waals surface area contributed by atoms with Crippen LogP contribution >= 0.6 is 0 Å². The van der Waals surface area contributed by atoms with Crippen LogP contribution in [0.1, 0.15) is 16.8 Å². The molecule has 2 aromatic rings. The van der Waals surface area contributed by atoms with Crippen molar-refractivity contribution in [3.8, 4) is 11.1 Å². The molecule has 0 atom stereocenters. The van der Waals surface area contributed by atoms with E-state index in [1.54, 1.807) is 12.1 Å². The van der Waals surface area contributed by atoms with Gasteiger partial charge in [0, 0.05) is 18.2 Å². The third kappa shape index (κ3) is 5.11. The molecule has 0 bridgehead atoms. The Morgan fingerprint density at radius 1 is 1.00 bits per heavy atom. The Balaban J connectivity index is 1.81. The van der Waals surface area contributed by atoms with Crippen LogP contribution in [-0.2, 0) is 9.53 Å². The van der Waals surface area contributed by atoms with Gasteiger partial charge in [-0.1, -0.05) is 49.0 Å². The standard InChI is InChI=1S/C19H19NO3/c1-2-18(21)23-14-6-13-20-19(22)17-11-9-16(10-12-17)15-7-4-3-5-8-15/h2-5,7-12H,1,6,13-14H2,(H,20,22). The van der Waals surface area contributed by atoms with Crippen molar-refractivity contribution in [1.82, 2.24) is 5.32 Å². The fourth-order valence-electron chi connectivity index (χ4n) is 2.05. The average molecular weight is 309 g/mol. The minimum atomic E-state index is -0.451. The number of carbonyl (C=O) groups is 2. The number of rotatable bonds is 7. The summed E-state index contributed by atoms with van der Waals surface area (Å²) < 4.78 is 4.84. The number of carbonyl (C=O) groups excluding carboxylic acids is 2. The highest BCUT2D eigenvalue weighted by Gasteiger charge is 2.05. The molecule has 0 aromatic heterocycles.